The van der Waals surface area contributed by atoms with Crippen LogP contribution in [0.4, 0.5) is 0 Å². The van der Waals surface area contributed by atoms with Crippen LogP contribution in [-0.2, 0) is 6.42 Å². The van der Waals surface area contributed by atoms with Gasteiger partial charge in [0.05, 0.1) is 4.90 Å². The quantitative estimate of drug-likeness (QED) is 0.800. The Balaban J connectivity index is 2.02. The topological polar surface area (TPSA) is 65.7 Å². The van der Waals surface area contributed by atoms with E-state index in [1.165, 1.54) is 17.3 Å². The Hall–Kier alpha value is -1.75. The first kappa shape index (κ1) is 10.4. The Labute approximate surface area is 101 Å². The van der Waals surface area contributed by atoms with Crippen molar-refractivity contribution in [1.29, 1.82) is 0 Å². The highest BCUT2D eigenvalue weighted by Gasteiger charge is 2.26. The van der Waals surface area contributed by atoms with E-state index in [1.807, 2.05) is 30.3 Å². The summed E-state index contributed by atoms with van der Waals surface area (Å²) in [6.45, 7) is 0. The minimum absolute atomic E-state index is 0.213. The molecule has 1 unspecified atom stereocenters. The Morgan fingerprint density at radius 2 is 1.88 bits per heavy atom. The van der Waals surface area contributed by atoms with Crippen molar-refractivity contribution in [2.75, 3.05) is 0 Å². The smallest absolute Gasteiger partial charge is 0.310 e. The van der Waals surface area contributed by atoms with E-state index in [9.17, 15) is 9.59 Å². The van der Waals surface area contributed by atoms with Crippen molar-refractivity contribution < 1.29 is 0 Å². The third-order valence-corrected chi connectivity index (χ3v) is 4.18. The fourth-order valence-electron chi connectivity index (χ4n) is 2.01. The highest BCUT2D eigenvalue weighted by molar-refractivity contribution is 7.99. The molecular formula is C12H10N2O2S. The van der Waals surface area contributed by atoms with Crippen LogP contribution in [0.3, 0.4) is 0 Å². The van der Waals surface area contributed by atoms with Crippen LogP contribution in [0.5, 0.6) is 0 Å². The number of aromatic amines is 2. The molecular weight excluding hydrogens is 236 g/mol. The van der Waals surface area contributed by atoms with Crippen LogP contribution in [-0.4, -0.2) is 9.97 Å². The third kappa shape index (κ3) is 1.82. The Kier molecular flexibility index (Phi) is 2.40. The van der Waals surface area contributed by atoms with Crippen molar-refractivity contribution >= 4 is 11.8 Å². The molecule has 1 aliphatic rings. The number of aromatic nitrogens is 2. The number of rotatable bonds is 1. The molecule has 0 spiro atoms. The molecule has 1 aliphatic heterocycles. The van der Waals surface area contributed by atoms with Gasteiger partial charge in [-0.1, -0.05) is 30.3 Å². The van der Waals surface area contributed by atoms with Crippen molar-refractivity contribution in [2.24, 2.45) is 0 Å². The van der Waals surface area contributed by atoms with Gasteiger partial charge in [-0.3, -0.25) is 9.78 Å². The molecule has 2 N–H and O–H groups in total. The van der Waals surface area contributed by atoms with Crippen LogP contribution in [0.2, 0.25) is 0 Å². The Morgan fingerprint density at radius 1 is 1.12 bits per heavy atom. The molecule has 0 radical (unpaired) electrons. The maximum absolute atomic E-state index is 11.6. The van der Waals surface area contributed by atoms with E-state index in [4.69, 9.17) is 0 Å². The molecule has 0 saturated heterocycles. The van der Waals surface area contributed by atoms with Gasteiger partial charge in [0.1, 0.15) is 0 Å². The molecule has 2 aromatic rings. The van der Waals surface area contributed by atoms with Crippen LogP contribution >= 0.6 is 11.8 Å². The van der Waals surface area contributed by atoms with E-state index in [2.05, 4.69) is 9.97 Å². The van der Waals surface area contributed by atoms with E-state index in [0.717, 1.165) is 5.69 Å². The lowest BCUT2D eigenvalue weighted by atomic mass is 10.1. The summed E-state index contributed by atoms with van der Waals surface area (Å²) in [6, 6.07) is 9.99. The minimum atomic E-state index is -0.428. The second-order valence-corrected chi connectivity index (χ2v) is 5.15. The van der Waals surface area contributed by atoms with Crippen molar-refractivity contribution in [3.8, 4) is 0 Å². The predicted molar refractivity (Wildman–Crippen MR) is 66.4 cm³/mol. The number of nitrogens with one attached hydrogen (secondary N) is 2. The highest BCUT2D eigenvalue weighted by atomic mass is 32.2. The molecule has 1 aromatic carbocycles. The molecule has 0 aliphatic carbocycles. The molecule has 0 fully saturated rings. The summed E-state index contributed by atoms with van der Waals surface area (Å²) in [5.41, 5.74) is 1.21. The first-order chi connectivity index (χ1) is 8.24. The SMILES string of the molecule is O=c1[nH]c2c(c(=O)[nH]1)SC(c1ccccc1)C2. The molecule has 17 heavy (non-hydrogen) atoms. The first-order valence-corrected chi connectivity index (χ1v) is 6.19. The third-order valence-electron chi connectivity index (χ3n) is 2.79. The minimum Gasteiger partial charge on any atom is -0.310 e. The second kappa shape index (κ2) is 3.92. The van der Waals surface area contributed by atoms with Crippen molar-refractivity contribution in [1.82, 2.24) is 9.97 Å². The number of hydrogen-bond acceptors (Lipinski definition) is 3. The van der Waals surface area contributed by atoms with Crippen LogP contribution in [0.25, 0.3) is 0 Å². The Bertz CT molecular complexity index is 660. The van der Waals surface area contributed by atoms with Gasteiger partial charge in [-0.2, -0.15) is 0 Å². The number of benzene rings is 1. The van der Waals surface area contributed by atoms with E-state index in [0.29, 0.717) is 11.3 Å². The van der Waals surface area contributed by atoms with Crippen LogP contribution in [0.1, 0.15) is 16.5 Å². The van der Waals surface area contributed by atoms with Gasteiger partial charge in [0.2, 0.25) is 0 Å². The standard InChI is InChI=1S/C12H10N2O2S/c15-11-10-8(13-12(16)14-11)6-9(17-10)7-4-2-1-3-5-7/h1-5,9H,6H2,(H2,13,14,15,16). The van der Waals surface area contributed by atoms with Gasteiger partial charge in [0.15, 0.2) is 0 Å². The van der Waals surface area contributed by atoms with Gasteiger partial charge < -0.3 is 4.98 Å². The maximum atomic E-state index is 11.6. The molecule has 0 saturated carbocycles. The van der Waals surface area contributed by atoms with E-state index in [-0.39, 0.29) is 10.8 Å². The zero-order chi connectivity index (χ0) is 11.8. The number of fused-ring (bicyclic) bond motifs is 1. The number of thioether (sulfide) groups is 1. The van der Waals surface area contributed by atoms with Crippen molar-refractivity contribution in [3.63, 3.8) is 0 Å². The lowest BCUT2D eigenvalue weighted by molar-refractivity contribution is 0.852. The van der Waals surface area contributed by atoms with E-state index < -0.39 is 5.69 Å². The lowest BCUT2D eigenvalue weighted by Gasteiger charge is -2.06. The predicted octanol–water partition coefficient (Wildman–Crippen LogP) is 1.45. The molecule has 86 valence electrons. The first-order valence-electron chi connectivity index (χ1n) is 5.31. The van der Waals surface area contributed by atoms with Crippen molar-refractivity contribution in [3.05, 3.63) is 62.4 Å². The van der Waals surface area contributed by atoms with Crippen LogP contribution in [0, 0.1) is 0 Å². The summed E-state index contributed by atoms with van der Waals surface area (Å²) >= 11 is 1.51. The molecule has 4 nitrogen and oxygen atoms in total. The van der Waals surface area contributed by atoms with Gasteiger partial charge in [-0.05, 0) is 5.56 Å². The van der Waals surface area contributed by atoms with E-state index >= 15 is 0 Å². The van der Waals surface area contributed by atoms with Crippen LogP contribution in [0.15, 0.2) is 44.8 Å². The van der Waals surface area contributed by atoms with Gasteiger partial charge in [0, 0.05) is 17.4 Å². The number of hydrogen-bond donors (Lipinski definition) is 2. The highest BCUT2D eigenvalue weighted by Crippen LogP contribution is 2.43. The zero-order valence-electron chi connectivity index (χ0n) is 8.90. The van der Waals surface area contributed by atoms with Gasteiger partial charge in [-0.15, -0.1) is 11.8 Å². The average molecular weight is 246 g/mol. The summed E-state index contributed by atoms with van der Waals surface area (Å²) in [5.74, 6) is 0. The summed E-state index contributed by atoms with van der Waals surface area (Å²) in [5, 5.41) is 0.213. The van der Waals surface area contributed by atoms with Gasteiger partial charge >= 0.3 is 5.69 Å². The van der Waals surface area contributed by atoms with Gasteiger partial charge in [-0.25, -0.2) is 4.79 Å². The molecule has 0 bridgehead atoms. The van der Waals surface area contributed by atoms with Gasteiger partial charge in [0.25, 0.3) is 5.56 Å². The lowest BCUT2D eigenvalue weighted by Crippen LogP contribution is -2.24. The molecule has 0 amide bonds. The average Bonchev–Trinajstić information content (AvgIpc) is 2.74. The monoisotopic (exact) mass is 246 g/mol. The fraction of sp³-hybridized carbons (Fsp3) is 0.167. The van der Waals surface area contributed by atoms with E-state index in [1.54, 1.807) is 0 Å². The summed E-state index contributed by atoms with van der Waals surface area (Å²) in [4.78, 5) is 28.4. The maximum Gasteiger partial charge on any atom is 0.325 e. The summed E-state index contributed by atoms with van der Waals surface area (Å²) < 4.78 is 0. The summed E-state index contributed by atoms with van der Waals surface area (Å²) in [6.07, 6.45) is 0.698. The largest absolute Gasteiger partial charge is 0.325 e. The second-order valence-electron chi connectivity index (χ2n) is 3.94. The van der Waals surface area contributed by atoms with Crippen molar-refractivity contribution in [2.45, 2.75) is 16.6 Å². The normalized spacial score (nSPS) is 18.0. The Morgan fingerprint density at radius 3 is 2.65 bits per heavy atom. The molecule has 1 atom stereocenters. The molecule has 3 rings (SSSR count). The fourth-order valence-corrected chi connectivity index (χ4v) is 3.28. The molecule has 5 heteroatoms. The van der Waals surface area contributed by atoms with Crippen LogP contribution < -0.4 is 11.2 Å². The summed E-state index contributed by atoms with van der Waals surface area (Å²) in [7, 11) is 0. The molecule has 1 aromatic heterocycles. The zero-order valence-corrected chi connectivity index (χ0v) is 9.71. The molecule has 2 heterocycles. The number of H-pyrrole nitrogens is 2.